The maximum atomic E-state index is 12.1. The van der Waals surface area contributed by atoms with E-state index in [4.69, 9.17) is 15.9 Å². The molecular formula is C15H14BrNO4. The van der Waals surface area contributed by atoms with E-state index in [0.29, 0.717) is 11.4 Å². The number of terminal acetylenes is 1. The highest BCUT2D eigenvalue weighted by molar-refractivity contribution is 9.10. The average molecular weight is 352 g/mol. The van der Waals surface area contributed by atoms with Gasteiger partial charge in [-0.3, -0.25) is 9.59 Å². The van der Waals surface area contributed by atoms with Crippen LogP contribution in [-0.2, 0) is 14.3 Å². The Hall–Kier alpha value is -2.00. The lowest BCUT2D eigenvalue weighted by Gasteiger charge is -2.19. The van der Waals surface area contributed by atoms with Crippen LogP contribution in [0.15, 0.2) is 22.7 Å². The van der Waals surface area contributed by atoms with E-state index in [2.05, 4.69) is 21.9 Å². The van der Waals surface area contributed by atoms with Crippen molar-refractivity contribution in [2.45, 2.75) is 6.42 Å². The number of anilines is 1. The number of hydrogen-bond donors (Lipinski definition) is 0. The number of carbonyl (C=O) groups excluding carboxylic acids is 2. The molecule has 1 heterocycles. The van der Waals surface area contributed by atoms with Crippen LogP contribution in [0.3, 0.4) is 0 Å². The van der Waals surface area contributed by atoms with Gasteiger partial charge in [0, 0.05) is 17.4 Å². The molecule has 1 aromatic rings. The van der Waals surface area contributed by atoms with Crippen molar-refractivity contribution in [3.8, 4) is 18.1 Å². The topological polar surface area (TPSA) is 55.8 Å². The number of benzene rings is 1. The zero-order valence-electron chi connectivity index (χ0n) is 11.5. The number of ether oxygens (including phenoxy) is 2. The van der Waals surface area contributed by atoms with E-state index in [0.717, 1.165) is 4.47 Å². The van der Waals surface area contributed by atoms with Crippen LogP contribution in [0.4, 0.5) is 5.69 Å². The van der Waals surface area contributed by atoms with E-state index in [1.165, 1.54) is 12.0 Å². The van der Waals surface area contributed by atoms with Crippen LogP contribution < -0.4 is 9.64 Å². The third-order valence-electron chi connectivity index (χ3n) is 3.19. The zero-order chi connectivity index (χ0) is 15.4. The smallest absolute Gasteiger partial charge is 0.312 e. The molecule has 1 atom stereocenters. The van der Waals surface area contributed by atoms with Crippen LogP contribution in [-0.4, -0.2) is 32.1 Å². The Bertz CT molecular complexity index is 608. The quantitative estimate of drug-likeness (QED) is 0.614. The summed E-state index contributed by atoms with van der Waals surface area (Å²) in [5.74, 6) is 1.71. The Labute approximate surface area is 131 Å². The van der Waals surface area contributed by atoms with Crippen LogP contribution in [0, 0.1) is 18.3 Å². The molecule has 0 unspecified atom stereocenters. The molecule has 0 spiro atoms. The van der Waals surface area contributed by atoms with E-state index in [1.807, 2.05) is 6.07 Å². The lowest BCUT2D eigenvalue weighted by Crippen LogP contribution is -2.26. The van der Waals surface area contributed by atoms with Crippen LogP contribution in [0.2, 0.25) is 0 Å². The molecule has 1 fully saturated rings. The van der Waals surface area contributed by atoms with Crippen molar-refractivity contribution in [3.63, 3.8) is 0 Å². The summed E-state index contributed by atoms with van der Waals surface area (Å²) >= 11 is 3.35. The lowest BCUT2D eigenvalue weighted by atomic mass is 10.1. The molecule has 0 bridgehead atoms. The number of esters is 1. The van der Waals surface area contributed by atoms with Gasteiger partial charge in [0.15, 0.2) is 6.61 Å². The Morgan fingerprint density at radius 2 is 2.33 bits per heavy atom. The van der Waals surface area contributed by atoms with Crippen molar-refractivity contribution in [2.75, 3.05) is 25.2 Å². The van der Waals surface area contributed by atoms with E-state index in [-0.39, 0.29) is 25.5 Å². The van der Waals surface area contributed by atoms with Gasteiger partial charge in [-0.05, 0) is 18.2 Å². The van der Waals surface area contributed by atoms with Crippen molar-refractivity contribution < 1.29 is 19.1 Å². The van der Waals surface area contributed by atoms with E-state index < -0.39 is 11.9 Å². The van der Waals surface area contributed by atoms with Crippen molar-refractivity contribution in [1.82, 2.24) is 0 Å². The van der Waals surface area contributed by atoms with E-state index >= 15 is 0 Å². The molecule has 0 aliphatic carbocycles. The fourth-order valence-electron chi connectivity index (χ4n) is 2.20. The van der Waals surface area contributed by atoms with Gasteiger partial charge in [-0.25, -0.2) is 0 Å². The summed E-state index contributed by atoms with van der Waals surface area (Å²) in [7, 11) is 1.53. The predicted octanol–water partition coefficient (Wildman–Crippen LogP) is 1.99. The molecule has 5 nitrogen and oxygen atoms in total. The minimum absolute atomic E-state index is 0.0782. The normalized spacial score (nSPS) is 17.5. The minimum atomic E-state index is -0.501. The highest BCUT2D eigenvalue weighted by Crippen LogP contribution is 2.35. The Morgan fingerprint density at radius 3 is 3.00 bits per heavy atom. The standard InChI is InChI=1S/C15H14BrNO4/c1-3-6-21-15(19)10-7-14(18)17(9-10)12-5-4-11(16)8-13(12)20-2/h1,4-5,8,10H,6-7,9H2,2H3/t10-/m1/s1. The summed E-state index contributed by atoms with van der Waals surface area (Å²) in [6, 6.07) is 5.36. The maximum Gasteiger partial charge on any atom is 0.312 e. The second-order valence-corrected chi connectivity index (χ2v) is 5.45. The summed E-state index contributed by atoms with van der Waals surface area (Å²) in [5, 5.41) is 0. The van der Waals surface area contributed by atoms with Gasteiger partial charge < -0.3 is 14.4 Å². The largest absolute Gasteiger partial charge is 0.495 e. The molecule has 1 amide bonds. The summed E-state index contributed by atoms with van der Waals surface area (Å²) in [4.78, 5) is 25.5. The Morgan fingerprint density at radius 1 is 1.57 bits per heavy atom. The first-order chi connectivity index (χ1) is 10.1. The first-order valence-electron chi connectivity index (χ1n) is 6.30. The molecule has 1 saturated heterocycles. The molecular weight excluding hydrogens is 338 g/mol. The summed E-state index contributed by atoms with van der Waals surface area (Å²) in [6.45, 7) is 0.186. The van der Waals surface area contributed by atoms with Crippen LogP contribution in [0.25, 0.3) is 0 Å². The number of halogens is 1. The van der Waals surface area contributed by atoms with E-state index in [1.54, 1.807) is 12.1 Å². The fraction of sp³-hybridized carbons (Fsp3) is 0.333. The second kappa shape index (κ2) is 6.64. The molecule has 1 aliphatic rings. The first kappa shape index (κ1) is 15.4. The molecule has 1 aliphatic heterocycles. The highest BCUT2D eigenvalue weighted by atomic mass is 79.9. The lowest BCUT2D eigenvalue weighted by molar-refractivity contribution is -0.146. The monoisotopic (exact) mass is 351 g/mol. The van der Waals surface area contributed by atoms with Gasteiger partial charge in [0.2, 0.25) is 5.91 Å². The predicted molar refractivity (Wildman–Crippen MR) is 80.9 cm³/mol. The summed E-state index contributed by atoms with van der Waals surface area (Å²) < 4.78 is 11.0. The van der Waals surface area contributed by atoms with Gasteiger partial charge in [-0.2, -0.15) is 0 Å². The van der Waals surface area contributed by atoms with Gasteiger partial charge >= 0.3 is 5.97 Å². The number of carbonyl (C=O) groups is 2. The molecule has 2 rings (SSSR count). The fourth-order valence-corrected chi connectivity index (χ4v) is 2.54. The van der Waals surface area contributed by atoms with Crippen LogP contribution >= 0.6 is 15.9 Å². The molecule has 0 N–H and O–H groups in total. The van der Waals surface area contributed by atoms with Gasteiger partial charge in [-0.1, -0.05) is 21.9 Å². The first-order valence-corrected chi connectivity index (χ1v) is 7.10. The van der Waals surface area contributed by atoms with Crippen molar-refractivity contribution >= 4 is 33.5 Å². The minimum Gasteiger partial charge on any atom is -0.495 e. The third kappa shape index (κ3) is 3.37. The number of nitrogens with zero attached hydrogens (tertiary/aromatic N) is 1. The average Bonchev–Trinajstić information content (AvgIpc) is 2.86. The van der Waals surface area contributed by atoms with Gasteiger partial charge in [0.25, 0.3) is 0 Å². The Kier molecular flexibility index (Phi) is 4.86. The highest BCUT2D eigenvalue weighted by Gasteiger charge is 2.37. The van der Waals surface area contributed by atoms with Crippen molar-refractivity contribution in [1.29, 1.82) is 0 Å². The zero-order valence-corrected chi connectivity index (χ0v) is 13.1. The van der Waals surface area contributed by atoms with E-state index in [9.17, 15) is 9.59 Å². The number of hydrogen-bond acceptors (Lipinski definition) is 4. The molecule has 110 valence electrons. The second-order valence-electron chi connectivity index (χ2n) is 4.53. The maximum absolute atomic E-state index is 12.1. The molecule has 6 heteroatoms. The van der Waals surface area contributed by atoms with Gasteiger partial charge in [-0.15, -0.1) is 6.42 Å². The van der Waals surface area contributed by atoms with Crippen molar-refractivity contribution in [2.24, 2.45) is 5.92 Å². The third-order valence-corrected chi connectivity index (χ3v) is 3.68. The number of rotatable bonds is 4. The van der Waals surface area contributed by atoms with Crippen molar-refractivity contribution in [3.05, 3.63) is 22.7 Å². The van der Waals surface area contributed by atoms with Crippen LogP contribution in [0.5, 0.6) is 5.75 Å². The summed E-state index contributed by atoms with van der Waals surface area (Å²) in [5.41, 5.74) is 0.637. The molecule has 1 aromatic carbocycles. The molecule has 0 aromatic heterocycles. The summed E-state index contributed by atoms with van der Waals surface area (Å²) in [6.07, 6.45) is 5.16. The van der Waals surface area contributed by atoms with Crippen LogP contribution in [0.1, 0.15) is 6.42 Å². The molecule has 0 saturated carbocycles. The SMILES string of the molecule is C#CCOC(=O)[C@@H]1CC(=O)N(c2ccc(Br)cc2OC)C1. The molecule has 21 heavy (non-hydrogen) atoms. The number of methoxy groups -OCH3 is 1. The van der Waals surface area contributed by atoms with Gasteiger partial charge in [0.05, 0.1) is 18.7 Å². The number of amides is 1. The Balaban J connectivity index is 2.17. The molecule has 0 radical (unpaired) electrons. The van der Waals surface area contributed by atoms with Gasteiger partial charge in [0.1, 0.15) is 5.75 Å².